The first kappa shape index (κ1) is 18.8. The molecule has 2 aromatic rings. The van der Waals surface area contributed by atoms with Crippen molar-refractivity contribution in [3.05, 3.63) is 58.6 Å². The second-order valence-electron chi connectivity index (χ2n) is 5.75. The van der Waals surface area contributed by atoms with E-state index in [9.17, 15) is 9.59 Å². The second-order valence-corrected chi connectivity index (χ2v) is 6.16. The number of benzene rings is 2. The molecule has 25 heavy (non-hydrogen) atoms. The van der Waals surface area contributed by atoms with Crippen molar-refractivity contribution in [2.24, 2.45) is 0 Å². The second kappa shape index (κ2) is 8.53. The summed E-state index contributed by atoms with van der Waals surface area (Å²) in [6.07, 6.45) is 0. The van der Waals surface area contributed by atoms with E-state index in [0.717, 1.165) is 5.56 Å². The number of methoxy groups -OCH3 is 1. The summed E-state index contributed by atoms with van der Waals surface area (Å²) in [6.45, 7) is 4.00. The van der Waals surface area contributed by atoms with Crippen molar-refractivity contribution in [1.82, 2.24) is 0 Å². The molecule has 0 aliphatic carbocycles. The molecule has 1 amide bonds. The molecular weight excluding hydrogens is 342 g/mol. The summed E-state index contributed by atoms with van der Waals surface area (Å²) < 4.78 is 10.2. The number of carbonyl (C=O) groups is 2. The van der Waals surface area contributed by atoms with Crippen LogP contribution in [0.2, 0.25) is 5.02 Å². The average Bonchev–Trinajstić information content (AvgIpc) is 2.61. The fourth-order valence-corrected chi connectivity index (χ4v) is 2.33. The molecule has 0 atom stereocenters. The van der Waals surface area contributed by atoms with Crippen LogP contribution >= 0.6 is 11.6 Å². The smallest absolute Gasteiger partial charge is 0.337 e. The van der Waals surface area contributed by atoms with E-state index in [1.165, 1.54) is 25.3 Å². The van der Waals surface area contributed by atoms with Crippen molar-refractivity contribution < 1.29 is 19.1 Å². The minimum absolute atomic E-state index is 0.166. The molecule has 0 saturated carbocycles. The highest BCUT2D eigenvalue weighted by atomic mass is 35.5. The molecule has 1 N–H and O–H groups in total. The number of amides is 1. The van der Waals surface area contributed by atoms with E-state index in [1.54, 1.807) is 6.07 Å². The minimum atomic E-state index is -0.506. The Kier molecular flexibility index (Phi) is 6.42. The SMILES string of the molecule is COC(=O)c1ccc(Cl)c(NC(=O)COc2cccc(C(C)C)c2)c1. The lowest BCUT2D eigenvalue weighted by Gasteiger charge is -2.11. The van der Waals surface area contributed by atoms with Crippen LogP contribution in [0.1, 0.15) is 35.7 Å². The Morgan fingerprint density at radius 3 is 2.60 bits per heavy atom. The zero-order valence-corrected chi connectivity index (χ0v) is 15.1. The zero-order valence-electron chi connectivity index (χ0n) is 14.3. The number of hydrogen-bond donors (Lipinski definition) is 1. The molecule has 2 rings (SSSR count). The average molecular weight is 362 g/mol. The fraction of sp³-hybridized carbons (Fsp3) is 0.263. The van der Waals surface area contributed by atoms with Crippen molar-refractivity contribution in [2.45, 2.75) is 19.8 Å². The molecule has 0 aromatic heterocycles. The summed E-state index contributed by atoms with van der Waals surface area (Å²) in [7, 11) is 1.29. The Bertz CT molecular complexity index is 774. The van der Waals surface area contributed by atoms with Gasteiger partial charge in [0.15, 0.2) is 6.61 Å². The molecule has 0 unspecified atom stereocenters. The topological polar surface area (TPSA) is 64.6 Å². The molecule has 0 aliphatic heterocycles. The largest absolute Gasteiger partial charge is 0.484 e. The third-order valence-corrected chi connectivity index (χ3v) is 3.89. The van der Waals surface area contributed by atoms with Gasteiger partial charge in [0.25, 0.3) is 5.91 Å². The van der Waals surface area contributed by atoms with Crippen LogP contribution in [0.3, 0.4) is 0 Å². The molecule has 5 nitrogen and oxygen atoms in total. The quantitative estimate of drug-likeness (QED) is 0.780. The molecule has 0 bridgehead atoms. The lowest BCUT2D eigenvalue weighted by atomic mass is 10.0. The molecule has 0 fully saturated rings. The van der Waals surface area contributed by atoms with E-state index >= 15 is 0 Å². The van der Waals surface area contributed by atoms with Gasteiger partial charge >= 0.3 is 5.97 Å². The first-order valence-electron chi connectivity index (χ1n) is 7.81. The monoisotopic (exact) mass is 361 g/mol. The predicted octanol–water partition coefficient (Wildman–Crippen LogP) is 4.27. The third-order valence-electron chi connectivity index (χ3n) is 3.56. The number of anilines is 1. The third kappa shape index (κ3) is 5.22. The fourth-order valence-electron chi connectivity index (χ4n) is 2.16. The van der Waals surface area contributed by atoms with Crippen molar-refractivity contribution in [3.63, 3.8) is 0 Å². The van der Waals surface area contributed by atoms with E-state index in [-0.39, 0.29) is 12.5 Å². The number of esters is 1. The van der Waals surface area contributed by atoms with Crippen LogP contribution in [0.15, 0.2) is 42.5 Å². The molecule has 0 spiro atoms. The number of nitrogens with one attached hydrogen (secondary N) is 1. The number of carbonyl (C=O) groups excluding carboxylic acids is 2. The lowest BCUT2D eigenvalue weighted by molar-refractivity contribution is -0.118. The van der Waals surface area contributed by atoms with Gasteiger partial charge in [-0.05, 0) is 41.8 Å². The molecule has 0 aliphatic rings. The standard InChI is InChI=1S/C19H20ClNO4/c1-12(2)13-5-4-6-15(9-13)25-11-18(22)21-17-10-14(19(23)24-3)7-8-16(17)20/h4-10,12H,11H2,1-3H3,(H,21,22). The van der Waals surface area contributed by atoms with Gasteiger partial charge in [-0.15, -0.1) is 0 Å². The van der Waals surface area contributed by atoms with E-state index in [2.05, 4.69) is 23.9 Å². The first-order chi connectivity index (χ1) is 11.9. The van der Waals surface area contributed by atoms with Crippen LogP contribution < -0.4 is 10.1 Å². The first-order valence-corrected chi connectivity index (χ1v) is 8.19. The molecule has 0 heterocycles. The van der Waals surface area contributed by atoms with E-state index < -0.39 is 5.97 Å². The normalized spacial score (nSPS) is 10.4. The highest BCUT2D eigenvalue weighted by molar-refractivity contribution is 6.33. The van der Waals surface area contributed by atoms with Crippen LogP contribution in [0, 0.1) is 0 Å². The van der Waals surface area contributed by atoms with Crippen molar-refractivity contribution in [1.29, 1.82) is 0 Å². The Balaban J connectivity index is 2.01. The van der Waals surface area contributed by atoms with Gasteiger partial charge in [-0.25, -0.2) is 4.79 Å². The van der Waals surface area contributed by atoms with E-state index in [4.69, 9.17) is 16.3 Å². The van der Waals surface area contributed by atoms with Gasteiger partial charge < -0.3 is 14.8 Å². The summed E-state index contributed by atoms with van der Waals surface area (Å²) >= 11 is 6.05. The molecule has 0 saturated heterocycles. The minimum Gasteiger partial charge on any atom is -0.484 e. The maximum atomic E-state index is 12.1. The highest BCUT2D eigenvalue weighted by Gasteiger charge is 2.12. The van der Waals surface area contributed by atoms with Crippen molar-refractivity contribution >= 4 is 29.2 Å². The van der Waals surface area contributed by atoms with Gasteiger partial charge in [-0.3, -0.25) is 4.79 Å². The van der Waals surface area contributed by atoms with Gasteiger partial charge in [-0.2, -0.15) is 0 Å². The number of rotatable bonds is 6. The lowest BCUT2D eigenvalue weighted by Crippen LogP contribution is -2.20. The zero-order chi connectivity index (χ0) is 18.4. The van der Waals surface area contributed by atoms with Gasteiger partial charge in [0.05, 0.1) is 23.4 Å². The summed E-state index contributed by atoms with van der Waals surface area (Å²) in [4.78, 5) is 23.7. The molecule has 0 radical (unpaired) electrons. The van der Waals surface area contributed by atoms with Gasteiger partial charge in [0, 0.05) is 0 Å². The van der Waals surface area contributed by atoms with Gasteiger partial charge in [0.2, 0.25) is 0 Å². The molecule has 6 heteroatoms. The number of ether oxygens (including phenoxy) is 2. The molecule has 132 valence electrons. The van der Waals surface area contributed by atoms with Crippen LogP contribution in [0.4, 0.5) is 5.69 Å². The van der Waals surface area contributed by atoms with E-state index in [1.807, 2.05) is 18.2 Å². The van der Waals surface area contributed by atoms with E-state index in [0.29, 0.717) is 27.9 Å². The highest BCUT2D eigenvalue weighted by Crippen LogP contribution is 2.24. The van der Waals surface area contributed by atoms with Crippen molar-refractivity contribution in [3.8, 4) is 5.75 Å². The number of hydrogen-bond acceptors (Lipinski definition) is 4. The maximum absolute atomic E-state index is 12.1. The van der Waals surface area contributed by atoms with Gasteiger partial charge in [0.1, 0.15) is 5.75 Å². The maximum Gasteiger partial charge on any atom is 0.337 e. The summed E-state index contributed by atoms with van der Waals surface area (Å²) in [6, 6.07) is 12.1. The molecular formula is C19H20ClNO4. The van der Waals surface area contributed by atoms with Crippen molar-refractivity contribution in [2.75, 3.05) is 19.0 Å². The number of halogens is 1. The van der Waals surface area contributed by atoms with Crippen LogP contribution in [0.25, 0.3) is 0 Å². The summed E-state index contributed by atoms with van der Waals surface area (Å²) in [5.41, 5.74) is 1.76. The van der Waals surface area contributed by atoms with Crippen LogP contribution in [-0.2, 0) is 9.53 Å². The Morgan fingerprint density at radius 1 is 1.16 bits per heavy atom. The van der Waals surface area contributed by atoms with Crippen LogP contribution in [-0.4, -0.2) is 25.6 Å². The Morgan fingerprint density at radius 2 is 1.92 bits per heavy atom. The van der Waals surface area contributed by atoms with Crippen LogP contribution in [0.5, 0.6) is 5.75 Å². The summed E-state index contributed by atoms with van der Waals surface area (Å²) in [5.74, 6) is 0.112. The summed E-state index contributed by atoms with van der Waals surface area (Å²) in [5, 5.41) is 2.96. The van der Waals surface area contributed by atoms with Gasteiger partial charge in [-0.1, -0.05) is 37.6 Å². The predicted molar refractivity (Wildman–Crippen MR) is 97.4 cm³/mol. The molecule has 2 aromatic carbocycles. The Hall–Kier alpha value is -2.53. The Labute approximate surface area is 151 Å².